The Kier molecular flexibility index (Phi) is 5.73. The minimum Gasteiger partial charge on any atom is -0.396 e. The first-order valence-corrected chi connectivity index (χ1v) is 9.32. The van der Waals surface area contributed by atoms with Gasteiger partial charge >= 0.3 is 0 Å². The fraction of sp³-hybridized carbons (Fsp3) is 0.700. The highest BCUT2D eigenvalue weighted by Crippen LogP contribution is 2.28. The van der Waals surface area contributed by atoms with Crippen molar-refractivity contribution < 1.29 is 5.11 Å². The van der Waals surface area contributed by atoms with Gasteiger partial charge in [0.05, 0.1) is 0 Å². The third-order valence-corrected chi connectivity index (χ3v) is 5.56. The summed E-state index contributed by atoms with van der Waals surface area (Å²) in [7, 11) is 0. The molecule has 1 aliphatic heterocycles. The first kappa shape index (κ1) is 16.9. The summed E-state index contributed by atoms with van der Waals surface area (Å²) in [4.78, 5) is 5.29. The zero-order valence-electron chi connectivity index (χ0n) is 14.8. The quantitative estimate of drug-likeness (QED) is 0.904. The molecule has 1 aliphatic carbocycles. The predicted octanol–water partition coefficient (Wildman–Crippen LogP) is 3.11. The van der Waals surface area contributed by atoms with Gasteiger partial charge in [-0.1, -0.05) is 42.2 Å². The molecule has 1 heterocycles. The van der Waals surface area contributed by atoms with Crippen molar-refractivity contribution in [2.24, 2.45) is 0 Å². The van der Waals surface area contributed by atoms with Gasteiger partial charge in [-0.3, -0.25) is 9.80 Å². The maximum atomic E-state index is 9.48. The van der Waals surface area contributed by atoms with Crippen LogP contribution in [0.3, 0.4) is 0 Å². The molecule has 2 fully saturated rings. The minimum absolute atomic E-state index is 0.311. The van der Waals surface area contributed by atoms with Gasteiger partial charge in [-0.25, -0.2) is 0 Å². The average molecular weight is 316 g/mol. The number of aliphatic hydroxyl groups is 1. The van der Waals surface area contributed by atoms with E-state index in [9.17, 15) is 5.11 Å². The van der Waals surface area contributed by atoms with E-state index in [1.807, 2.05) is 0 Å². The summed E-state index contributed by atoms with van der Waals surface area (Å²) >= 11 is 0. The second-order valence-electron chi connectivity index (χ2n) is 7.57. The molecule has 1 N–H and O–H groups in total. The number of hydrogen-bond acceptors (Lipinski definition) is 3. The maximum absolute atomic E-state index is 9.48. The first-order chi connectivity index (χ1) is 11.2. The highest BCUT2D eigenvalue weighted by atomic mass is 16.3. The number of benzene rings is 1. The van der Waals surface area contributed by atoms with Crippen LogP contribution in [0.1, 0.15) is 48.8 Å². The molecule has 23 heavy (non-hydrogen) atoms. The second kappa shape index (κ2) is 7.78. The van der Waals surface area contributed by atoms with Gasteiger partial charge in [-0.15, -0.1) is 0 Å². The Hall–Kier alpha value is -0.900. The van der Waals surface area contributed by atoms with Crippen molar-refractivity contribution in [2.75, 3.05) is 26.2 Å². The first-order valence-electron chi connectivity index (χ1n) is 9.32. The van der Waals surface area contributed by atoms with Crippen LogP contribution >= 0.6 is 0 Å². The Bertz CT molecular complexity index is 490. The van der Waals surface area contributed by atoms with E-state index < -0.39 is 0 Å². The lowest BCUT2D eigenvalue weighted by Crippen LogP contribution is -2.56. The molecule has 3 heteroatoms. The fourth-order valence-electron chi connectivity index (χ4n) is 4.62. The number of aliphatic hydroxyl groups excluding tert-OH is 1. The molecule has 0 amide bonds. The Morgan fingerprint density at radius 1 is 1.04 bits per heavy atom. The Balaban J connectivity index is 1.64. The number of hydrogen-bond donors (Lipinski definition) is 1. The molecule has 1 unspecified atom stereocenters. The van der Waals surface area contributed by atoms with Crippen LogP contribution in [0, 0.1) is 13.8 Å². The lowest BCUT2D eigenvalue weighted by atomic mass is 10.0. The summed E-state index contributed by atoms with van der Waals surface area (Å²) < 4.78 is 0. The predicted molar refractivity (Wildman–Crippen MR) is 95.6 cm³/mol. The van der Waals surface area contributed by atoms with E-state index in [0.717, 1.165) is 32.1 Å². The lowest BCUT2D eigenvalue weighted by Gasteiger charge is -2.44. The van der Waals surface area contributed by atoms with Crippen LogP contribution in [0.25, 0.3) is 0 Å². The number of rotatable bonds is 5. The standard InChI is InChI=1S/C20H32N2O/c1-16-11-17(2)13-18(12-16)14-21-8-9-22(19-5-3-4-6-19)20(15-21)7-10-23/h11-13,19-20,23H,3-10,14-15H2,1-2H3. The van der Waals surface area contributed by atoms with Crippen LogP contribution in [-0.4, -0.2) is 53.2 Å². The molecule has 128 valence electrons. The monoisotopic (exact) mass is 316 g/mol. The van der Waals surface area contributed by atoms with Gasteiger partial charge in [0.2, 0.25) is 0 Å². The number of aryl methyl sites for hydroxylation is 2. The highest BCUT2D eigenvalue weighted by molar-refractivity contribution is 5.28. The molecule has 0 aromatic heterocycles. The lowest BCUT2D eigenvalue weighted by molar-refractivity contribution is 0.0267. The molecule has 0 spiro atoms. The van der Waals surface area contributed by atoms with Crippen molar-refractivity contribution >= 4 is 0 Å². The third kappa shape index (κ3) is 4.34. The van der Waals surface area contributed by atoms with Gasteiger partial charge in [0.1, 0.15) is 0 Å². The minimum atomic E-state index is 0.311. The summed E-state index contributed by atoms with van der Waals surface area (Å²) in [6.45, 7) is 9.15. The van der Waals surface area contributed by atoms with E-state index in [2.05, 4.69) is 41.8 Å². The molecule has 1 saturated heterocycles. The molecule has 3 nitrogen and oxygen atoms in total. The number of piperazine rings is 1. The topological polar surface area (TPSA) is 26.7 Å². The van der Waals surface area contributed by atoms with Crippen molar-refractivity contribution in [1.82, 2.24) is 9.80 Å². The molecular weight excluding hydrogens is 284 g/mol. The van der Waals surface area contributed by atoms with E-state index >= 15 is 0 Å². The maximum Gasteiger partial charge on any atom is 0.0446 e. The van der Waals surface area contributed by atoms with Gasteiger partial charge in [0.25, 0.3) is 0 Å². The Labute approximate surface area is 141 Å². The van der Waals surface area contributed by atoms with Gasteiger partial charge < -0.3 is 5.11 Å². The van der Waals surface area contributed by atoms with E-state index in [-0.39, 0.29) is 0 Å². The smallest absolute Gasteiger partial charge is 0.0446 e. The molecule has 1 saturated carbocycles. The van der Waals surface area contributed by atoms with E-state index in [4.69, 9.17) is 0 Å². The van der Waals surface area contributed by atoms with Crippen LogP contribution < -0.4 is 0 Å². The van der Waals surface area contributed by atoms with Crippen LogP contribution in [-0.2, 0) is 6.54 Å². The zero-order valence-corrected chi connectivity index (χ0v) is 14.8. The molecule has 0 bridgehead atoms. The van der Waals surface area contributed by atoms with Crippen molar-refractivity contribution in [2.45, 2.75) is 64.6 Å². The van der Waals surface area contributed by atoms with Crippen LogP contribution in [0.2, 0.25) is 0 Å². The van der Waals surface area contributed by atoms with E-state index in [1.54, 1.807) is 0 Å². The zero-order chi connectivity index (χ0) is 16.2. The van der Waals surface area contributed by atoms with Gasteiger partial charge in [-0.05, 0) is 38.7 Å². The molecule has 0 radical (unpaired) electrons. The van der Waals surface area contributed by atoms with Crippen molar-refractivity contribution in [3.05, 3.63) is 34.9 Å². The summed E-state index contributed by atoms with van der Waals surface area (Å²) in [6, 6.07) is 8.18. The summed E-state index contributed by atoms with van der Waals surface area (Å²) in [6.07, 6.45) is 6.41. The van der Waals surface area contributed by atoms with Crippen LogP contribution in [0.15, 0.2) is 18.2 Å². The van der Waals surface area contributed by atoms with Crippen LogP contribution in [0.4, 0.5) is 0 Å². The molecule has 3 rings (SSSR count). The molecule has 1 aromatic rings. The van der Waals surface area contributed by atoms with Gasteiger partial charge in [0, 0.05) is 44.9 Å². The van der Waals surface area contributed by atoms with Crippen molar-refractivity contribution in [3.63, 3.8) is 0 Å². The molecule has 1 aromatic carbocycles. The Morgan fingerprint density at radius 3 is 2.39 bits per heavy atom. The number of nitrogens with zero attached hydrogens (tertiary/aromatic N) is 2. The SMILES string of the molecule is Cc1cc(C)cc(CN2CCN(C3CCCC3)C(CCO)C2)c1. The molecular formula is C20H32N2O. The van der Waals surface area contributed by atoms with Crippen molar-refractivity contribution in [3.8, 4) is 0 Å². The van der Waals surface area contributed by atoms with Crippen LogP contribution in [0.5, 0.6) is 0 Å². The Morgan fingerprint density at radius 2 is 1.74 bits per heavy atom. The summed E-state index contributed by atoms with van der Waals surface area (Å²) in [5.41, 5.74) is 4.15. The van der Waals surface area contributed by atoms with E-state index in [0.29, 0.717) is 12.6 Å². The van der Waals surface area contributed by atoms with Gasteiger partial charge in [0.15, 0.2) is 0 Å². The fourth-order valence-corrected chi connectivity index (χ4v) is 4.62. The normalized spacial score (nSPS) is 24.4. The third-order valence-electron chi connectivity index (χ3n) is 5.56. The van der Waals surface area contributed by atoms with Gasteiger partial charge in [-0.2, -0.15) is 0 Å². The average Bonchev–Trinajstić information content (AvgIpc) is 3.01. The van der Waals surface area contributed by atoms with E-state index in [1.165, 1.54) is 48.9 Å². The molecule has 2 aliphatic rings. The summed E-state index contributed by atoms with van der Waals surface area (Å²) in [5, 5.41) is 9.48. The largest absolute Gasteiger partial charge is 0.396 e. The summed E-state index contributed by atoms with van der Waals surface area (Å²) in [5.74, 6) is 0. The molecule has 1 atom stereocenters. The second-order valence-corrected chi connectivity index (χ2v) is 7.57. The highest BCUT2D eigenvalue weighted by Gasteiger charge is 2.32. The van der Waals surface area contributed by atoms with Crippen molar-refractivity contribution in [1.29, 1.82) is 0 Å².